The van der Waals surface area contributed by atoms with Crippen molar-refractivity contribution in [3.05, 3.63) is 28.2 Å². The molecule has 0 bridgehead atoms. The standard InChI is InChI=1S/C9H10BrNS/c10-7-1-2-8-6(4-11)5-12-9(8)3-7/h1-3,6H,4-5,11H2. The molecule has 1 nitrogen and oxygen atoms in total. The van der Waals surface area contributed by atoms with Gasteiger partial charge in [0.2, 0.25) is 0 Å². The summed E-state index contributed by atoms with van der Waals surface area (Å²) in [5.74, 6) is 1.71. The van der Waals surface area contributed by atoms with Crippen molar-refractivity contribution in [1.29, 1.82) is 0 Å². The second kappa shape index (κ2) is 3.40. The van der Waals surface area contributed by atoms with Crippen molar-refractivity contribution in [2.45, 2.75) is 10.8 Å². The maximum atomic E-state index is 5.66. The lowest BCUT2D eigenvalue weighted by molar-refractivity contribution is 0.787. The number of halogens is 1. The molecule has 0 radical (unpaired) electrons. The van der Waals surface area contributed by atoms with Crippen LogP contribution in [0.1, 0.15) is 11.5 Å². The number of rotatable bonds is 1. The minimum absolute atomic E-state index is 0.568. The van der Waals surface area contributed by atoms with Gasteiger partial charge < -0.3 is 5.73 Å². The zero-order chi connectivity index (χ0) is 8.55. The maximum absolute atomic E-state index is 5.66. The third-order valence-corrected chi connectivity index (χ3v) is 3.87. The average molecular weight is 244 g/mol. The van der Waals surface area contributed by atoms with E-state index in [2.05, 4.69) is 34.1 Å². The molecular weight excluding hydrogens is 234 g/mol. The Bertz CT molecular complexity index is 301. The quantitative estimate of drug-likeness (QED) is 0.821. The fraction of sp³-hybridized carbons (Fsp3) is 0.333. The van der Waals surface area contributed by atoms with Crippen LogP contribution in [0, 0.1) is 0 Å². The van der Waals surface area contributed by atoms with E-state index >= 15 is 0 Å². The average Bonchev–Trinajstić information content (AvgIpc) is 2.46. The SMILES string of the molecule is NCC1CSc2cc(Br)ccc21. The van der Waals surface area contributed by atoms with Crippen molar-refractivity contribution in [2.75, 3.05) is 12.3 Å². The zero-order valence-corrected chi connectivity index (χ0v) is 8.99. The molecular formula is C9H10BrNS. The van der Waals surface area contributed by atoms with Crippen molar-refractivity contribution in [3.63, 3.8) is 0 Å². The van der Waals surface area contributed by atoms with Crippen LogP contribution < -0.4 is 5.73 Å². The van der Waals surface area contributed by atoms with E-state index in [1.807, 2.05) is 11.8 Å². The summed E-state index contributed by atoms with van der Waals surface area (Å²) in [6.45, 7) is 0.766. The van der Waals surface area contributed by atoms with Crippen LogP contribution in [-0.2, 0) is 0 Å². The molecule has 1 aromatic carbocycles. The molecule has 2 N–H and O–H groups in total. The van der Waals surface area contributed by atoms with Crippen LogP contribution >= 0.6 is 27.7 Å². The van der Waals surface area contributed by atoms with Gasteiger partial charge in [-0.15, -0.1) is 11.8 Å². The van der Waals surface area contributed by atoms with Gasteiger partial charge in [-0.3, -0.25) is 0 Å². The van der Waals surface area contributed by atoms with E-state index < -0.39 is 0 Å². The minimum Gasteiger partial charge on any atom is -0.330 e. The summed E-state index contributed by atoms with van der Waals surface area (Å²) in [6, 6.07) is 6.44. The maximum Gasteiger partial charge on any atom is 0.0186 e. The molecule has 1 heterocycles. The van der Waals surface area contributed by atoms with Crippen LogP contribution in [0.5, 0.6) is 0 Å². The molecule has 0 spiro atoms. The normalized spacial score (nSPS) is 21.0. The highest BCUT2D eigenvalue weighted by molar-refractivity contribution is 9.10. The van der Waals surface area contributed by atoms with Crippen LogP contribution in [0.3, 0.4) is 0 Å². The Hall–Kier alpha value is 0.01000. The molecule has 0 amide bonds. The third kappa shape index (κ3) is 1.41. The summed E-state index contributed by atoms with van der Waals surface area (Å²) < 4.78 is 1.16. The highest BCUT2D eigenvalue weighted by Crippen LogP contribution is 2.40. The van der Waals surface area contributed by atoms with E-state index in [-0.39, 0.29) is 0 Å². The fourth-order valence-electron chi connectivity index (χ4n) is 1.45. The lowest BCUT2D eigenvalue weighted by Crippen LogP contribution is -2.11. The molecule has 0 aliphatic carbocycles. The van der Waals surface area contributed by atoms with Crippen molar-refractivity contribution >= 4 is 27.7 Å². The molecule has 0 fully saturated rings. The monoisotopic (exact) mass is 243 g/mol. The van der Waals surface area contributed by atoms with E-state index in [1.54, 1.807) is 0 Å². The van der Waals surface area contributed by atoms with Gasteiger partial charge in [0, 0.05) is 27.6 Å². The van der Waals surface area contributed by atoms with Gasteiger partial charge >= 0.3 is 0 Å². The number of thioether (sulfide) groups is 1. The first-order chi connectivity index (χ1) is 5.81. The molecule has 0 aromatic heterocycles. The van der Waals surface area contributed by atoms with Crippen LogP contribution in [0.15, 0.2) is 27.6 Å². The van der Waals surface area contributed by atoms with Crippen LogP contribution in [0.4, 0.5) is 0 Å². The lowest BCUT2D eigenvalue weighted by Gasteiger charge is -2.05. The first-order valence-electron chi connectivity index (χ1n) is 3.93. The Morgan fingerprint density at radius 1 is 1.58 bits per heavy atom. The van der Waals surface area contributed by atoms with Gasteiger partial charge in [-0.2, -0.15) is 0 Å². The minimum atomic E-state index is 0.568. The van der Waals surface area contributed by atoms with Gasteiger partial charge in [0.1, 0.15) is 0 Å². The molecule has 12 heavy (non-hydrogen) atoms. The van der Waals surface area contributed by atoms with Gasteiger partial charge in [0.15, 0.2) is 0 Å². The van der Waals surface area contributed by atoms with E-state index in [0.717, 1.165) is 16.8 Å². The summed E-state index contributed by atoms with van der Waals surface area (Å²) >= 11 is 5.37. The first-order valence-corrected chi connectivity index (χ1v) is 5.71. The van der Waals surface area contributed by atoms with Crippen LogP contribution in [0.2, 0.25) is 0 Å². The second-order valence-electron chi connectivity index (χ2n) is 2.93. The first kappa shape index (κ1) is 8.60. The largest absolute Gasteiger partial charge is 0.330 e. The third-order valence-electron chi connectivity index (χ3n) is 2.14. The summed E-state index contributed by atoms with van der Waals surface area (Å²) in [7, 11) is 0. The number of benzene rings is 1. The smallest absolute Gasteiger partial charge is 0.0186 e. The highest BCUT2D eigenvalue weighted by atomic mass is 79.9. The second-order valence-corrected chi connectivity index (χ2v) is 4.90. The number of fused-ring (bicyclic) bond motifs is 1. The Kier molecular flexibility index (Phi) is 2.44. The summed E-state index contributed by atoms with van der Waals surface area (Å²) in [5, 5.41) is 0. The Morgan fingerprint density at radius 3 is 3.17 bits per heavy atom. The topological polar surface area (TPSA) is 26.0 Å². The van der Waals surface area contributed by atoms with Crippen molar-refractivity contribution in [2.24, 2.45) is 5.73 Å². The number of nitrogens with two attached hydrogens (primary N) is 1. The predicted octanol–water partition coefficient (Wildman–Crippen LogP) is 2.60. The summed E-state index contributed by atoms with van der Waals surface area (Å²) in [5.41, 5.74) is 7.08. The lowest BCUT2D eigenvalue weighted by atomic mass is 10.0. The molecule has 2 rings (SSSR count). The molecule has 0 saturated carbocycles. The van der Waals surface area contributed by atoms with Gasteiger partial charge in [0.05, 0.1) is 0 Å². The van der Waals surface area contributed by atoms with Gasteiger partial charge in [-0.05, 0) is 17.7 Å². The Labute approximate surface area is 84.9 Å². The predicted molar refractivity (Wildman–Crippen MR) is 56.7 cm³/mol. The van der Waals surface area contributed by atoms with Gasteiger partial charge in [0.25, 0.3) is 0 Å². The Balaban J connectivity index is 2.40. The molecule has 1 atom stereocenters. The highest BCUT2D eigenvalue weighted by Gasteiger charge is 2.21. The van der Waals surface area contributed by atoms with Crippen molar-refractivity contribution in [3.8, 4) is 0 Å². The molecule has 1 aliphatic heterocycles. The fourth-order valence-corrected chi connectivity index (χ4v) is 3.27. The summed E-state index contributed by atoms with van der Waals surface area (Å²) in [6.07, 6.45) is 0. The van der Waals surface area contributed by atoms with Crippen LogP contribution in [-0.4, -0.2) is 12.3 Å². The number of hydrogen-bond acceptors (Lipinski definition) is 2. The van der Waals surface area contributed by atoms with Gasteiger partial charge in [-0.25, -0.2) is 0 Å². The van der Waals surface area contributed by atoms with E-state index in [9.17, 15) is 0 Å². The van der Waals surface area contributed by atoms with E-state index in [1.165, 1.54) is 10.5 Å². The molecule has 3 heteroatoms. The number of hydrogen-bond donors (Lipinski definition) is 1. The molecule has 1 aromatic rings. The zero-order valence-electron chi connectivity index (χ0n) is 6.59. The molecule has 64 valence electrons. The molecule has 1 aliphatic rings. The van der Waals surface area contributed by atoms with E-state index in [4.69, 9.17) is 5.73 Å². The molecule has 1 unspecified atom stereocenters. The van der Waals surface area contributed by atoms with Gasteiger partial charge in [-0.1, -0.05) is 22.0 Å². The Morgan fingerprint density at radius 2 is 2.42 bits per heavy atom. The van der Waals surface area contributed by atoms with E-state index in [0.29, 0.717) is 5.92 Å². The van der Waals surface area contributed by atoms with Crippen LogP contribution in [0.25, 0.3) is 0 Å². The van der Waals surface area contributed by atoms with Crippen molar-refractivity contribution in [1.82, 2.24) is 0 Å². The summed E-state index contributed by atoms with van der Waals surface area (Å²) in [4.78, 5) is 1.39. The molecule has 0 saturated heterocycles. The van der Waals surface area contributed by atoms with Crippen molar-refractivity contribution < 1.29 is 0 Å².